The third kappa shape index (κ3) is 6.54. The minimum absolute atomic E-state index is 0.101. The Balaban J connectivity index is 4.30. The van der Waals surface area contributed by atoms with Gasteiger partial charge in [-0.05, 0) is 20.3 Å². The van der Waals surface area contributed by atoms with Crippen molar-refractivity contribution in [3.8, 4) is 6.07 Å². The lowest BCUT2D eigenvalue weighted by molar-refractivity contribution is -0.162. The quantitative estimate of drug-likeness (QED) is 0.457. The van der Waals surface area contributed by atoms with Crippen molar-refractivity contribution in [2.75, 3.05) is 18.9 Å². The maximum atomic E-state index is 11.4. The van der Waals surface area contributed by atoms with Gasteiger partial charge < -0.3 is 9.84 Å². The molecule has 2 N–H and O–H groups in total. The smallest absolute Gasteiger partial charge is 0.339 e. The van der Waals surface area contributed by atoms with Gasteiger partial charge >= 0.3 is 5.97 Å². The Hall–Kier alpha value is -1.17. The second-order valence-electron chi connectivity index (χ2n) is 3.90. The Morgan fingerprint density at radius 1 is 1.56 bits per heavy atom. The van der Waals surface area contributed by atoms with Gasteiger partial charge in [0.1, 0.15) is 0 Å². The second-order valence-corrected chi connectivity index (χ2v) is 5.82. The molecule has 0 saturated heterocycles. The number of hydrogen-bond donors (Lipinski definition) is 2. The molecule has 0 spiro atoms. The molecule has 18 heavy (non-hydrogen) atoms. The summed E-state index contributed by atoms with van der Waals surface area (Å²) >= 11 is 0. The maximum absolute atomic E-state index is 11.4. The summed E-state index contributed by atoms with van der Waals surface area (Å²) in [4.78, 5) is 11.3. The van der Waals surface area contributed by atoms with E-state index >= 15 is 0 Å². The van der Waals surface area contributed by atoms with E-state index in [4.69, 9.17) is 5.26 Å². The van der Waals surface area contributed by atoms with E-state index in [1.807, 2.05) is 6.07 Å². The molecule has 0 rings (SSSR count). The largest absolute Gasteiger partial charge is 0.464 e. The first-order chi connectivity index (χ1) is 8.25. The summed E-state index contributed by atoms with van der Waals surface area (Å²) in [7, 11) is -3.60. The van der Waals surface area contributed by atoms with Crippen molar-refractivity contribution in [1.29, 1.82) is 5.26 Å². The average molecular weight is 278 g/mol. The van der Waals surface area contributed by atoms with Crippen molar-refractivity contribution < 1.29 is 23.1 Å². The highest BCUT2D eigenvalue weighted by Crippen LogP contribution is 2.06. The van der Waals surface area contributed by atoms with Crippen LogP contribution in [0.5, 0.6) is 0 Å². The van der Waals surface area contributed by atoms with Crippen LogP contribution in [0.3, 0.4) is 0 Å². The molecular formula is C10H18N2O5S. The number of rotatable bonds is 8. The molecule has 0 aromatic heterocycles. The Labute approximate surface area is 107 Å². The van der Waals surface area contributed by atoms with Gasteiger partial charge in [0, 0.05) is 13.0 Å². The number of hydrogen-bond acceptors (Lipinski definition) is 6. The van der Waals surface area contributed by atoms with E-state index in [1.54, 1.807) is 6.92 Å². The predicted octanol–water partition coefficient (Wildman–Crippen LogP) is -0.476. The molecule has 0 aliphatic carbocycles. The van der Waals surface area contributed by atoms with Crippen molar-refractivity contribution in [3.63, 3.8) is 0 Å². The fraction of sp³-hybridized carbons (Fsp3) is 0.800. The average Bonchev–Trinajstić information content (AvgIpc) is 2.27. The van der Waals surface area contributed by atoms with Crippen LogP contribution in [0.2, 0.25) is 0 Å². The minimum atomic E-state index is -3.60. The Morgan fingerprint density at radius 3 is 2.67 bits per heavy atom. The Bertz CT molecular complexity index is 410. The van der Waals surface area contributed by atoms with E-state index in [9.17, 15) is 18.3 Å². The molecule has 0 aromatic carbocycles. The molecule has 0 amide bonds. The number of ether oxygens (including phenoxy) is 1. The number of aliphatic hydroxyl groups is 1. The van der Waals surface area contributed by atoms with E-state index in [2.05, 4.69) is 9.46 Å². The molecule has 7 nitrogen and oxygen atoms in total. The summed E-state index contributed by atoms with van der Waals surface area (Å²) < 4.78 is 29.6. The van der Waals surface area contributed by atoms with Gasteiger partial charge in [-0.2, -0.15) is 5.26 Å². The zero-order valence-corrected chi connectivity index (χ0v) is 11.3. The van der Waals surface area contributed by atoms with E-state index in [1.165, 1.54) is 6.92 Å². The standard InChI is InChI=1S/C10H18N2O5S/c1-3-17-9(13)10(2,14)8-12-18(15,16)7-5-4-6-11/h12,14H,3-5,7-8H2,1-2H3/t10-/m0/s1. The number of carbonyl (C=O) groups excluding carboxylic acids is 1. The van der Waals surface area contributed by atoms with Gasteiger partial charge in [0.15, 0.2) is 5.60 Å². The van der Waals surface area contributed by atoms with Gasteiger partial charge in [-0.15, -0.1) is 0 Å². The molecular weight excluding hydrogens is 260 g/mol. The lowest BCUT2D eigenvalue weighted by Gasteiger charge is -2.21. The van der Waals surface area contributed by atoms with Crippen molar-refractivity contribution in [2.24, 2.45) is 0 Å². The van der Waals surface area contributed by atoms with Crippen LogP contribution in [0, 0.1) is 11.3 Å². The lowest BCUT2D eigenvalue weighted by Crippen LogP contribution is -2.47. The molecule has 0 bridgehead atoms. The van der Waals surface area contributed by atoms with Crippen molar-refractivity contribution in [2.45, 2.75) is 32.3 Å². The van der Waals surface area contributed by atoms with Crippen LogP contribution in [0.25, 0.3) is 0 Å². The monoisotopic (exact) mass is 278 g/mol. The van der Waals surface area contributed by atoms with E-state index < -0.39 is 28.1 Å². The topological polar surface area (TPSA) is 116 Å². The third-order valence-corrected chi connectivity index (χ3v) is 3.46. The van der Waals surface area contributed by atoms with Crippen molar-refractivity contribution in [1.82, 2.24) is 4.72 Å². The summed E-state index contributed by atoms with van der Waals surface area (Å²) in [5.74, 6) is -1.11. The summed E-state index contributed by atoms with van der Waals surface area (Å²) in [5.41, 5.74) is -1.90. The molecule has 0 aliphatic heterocycles. The fourth-order valence-electron chi connectivity index (χ4n) is 1.02. The first-order valence-electron chi connectivity index (χ1n) is 5.49. The number of unbranched alkanes of at least 4 members (excludes halogenated alkanes) is 1. The first kappa shape index (κ1) is 16.8. The molecule has 0 aromatic rings. The normalized spacial score (nSPS) is 14.6. The molecule has 1 atom stereocenters. The zero-order chi connectivity index (χ0) is 14.2. The first-order valence-corrected chi connectivity index (χ1v) is 7.14. The molecule has 0 fully saturated rings. The number of carbonyl (C=O) groups is 1. The van der Waals surface area contributed by atoms with Gasteiger partial charge in [-0.1, -0.05) is 0 Å². The Morgan fingerprint density at radius 2 is 2.17 bits per heavy atom. The lowest BCUT2D eigenvalue weighted by atomic mass is 10.1. The van der Waals surface area contributed by atoms with Gasteiger partial charge in [0.05, 0.1) is 18.4 Å². The minimum Gasteiger partial charge on any atom is -0.464 e. The van der Waals surface area contributed by atoms with Gasteiger partial charge in [-0.25, -0.2) is 17.9 Å². The van der Waals surface area contributed by atoms with Crippen LogP contribution >= 0.6 is 0 Å². The number of esters is 1. The zero-order valence-electron chi connectivity index (χ0n) is 10.5. The molecule has 0 saturated carbocycles. The molecule has 8 heteroatoms. The number of nitrogens with zero attached hydrogens (tertiary/aromatic N) is 1. The van der Waals surface area contributed by atoms with Crippen LogP contribution in [0.4, 0.5) is 0 Å². The van der Waals surface area contributed by atoms with Crippen LogP contribution in [0.15, 0.2) is 0 Å². The highest BCUT2D eigenvalue weighted by atomic mass is 32.2. The molecule has 0 aliphatic rings. The summed E-state index contributed by atoms with van der Waals surface area (Å²) in [6, 6.07) is 1.83. The van der Waals surface area contributed by atoms with Crippen LogP contribution < -0.4 is 4.72 Å². The summed E-state index contributed by atoms with van der Waals surface area (Å²) in [6.45, 7) is 2.40. The third-order valence-electron chi connectivity index (χ3n) is 2.05. The van der Waals surface area contributed by atoms with Crippen molar-refractivity contribution in [3.05, 3.63) is 0 Å². The van der Waals surface area contributed by atoms with E-state index in [0.29, 0.717) is 0 Å². The predicted molar refractivity (Wildman–Crippen MR) is 63.9 cm³/mol. The van der Waals surface area contributed by atoms with Crippen molar-refractivity contribution >= 4 is 16.0 Å². The maximum Gasteiger partial charge on any atom is 0.339 e. The molecule has 0 heterocycles. The van der Waals surface area contributed by atoms with Gasteiger partial charge in [0.25, 0.3) is 0 Å². The van der Waals surface area contributed by atoms with Crippen LogP contribution in [0.1, 0.15) is 26.7 Å². The summed E-state index contributed by atoms with van der Waals surface area (Å²) in [6.07, 6.45) is 0.336. The Kier molecular flexibility index (Phi) is 6.83. The van der Waals surface area contributed by atoms with Crippen LogP contribution in [-0.2, 0) is 19.6 Å². The number of nitrogens with one attached hydrogen (secondary N) is 1. The molecule has 104 valence electrons. The number of nitriles is 1. The summed E-state index contributed by atoms with van der Waals surface area (Å²) in [5, 5.41) is 18.0. The molecule has 0 unspecified atom stereocenters. The highest BCUT2D eigenvalue weighted by Gasteiger charge is 2.33. The fourth-order valence-corrected chi connectivity index (χ4v) is 2.19. The highest BCUT2D eigenvalue weighted by molar-refractivity contribution is 7.89. The number of sulfonamides is 1. The van der Waals surface area contributed by atoms with E-state index in [0.717, 1.165) is 0 Å². The van der Waals surface area contributed by atoms with E-state index in [-0.39, 0.29) is 25.2 Å². The molecule has 0 radical (unpaired) electrons. The van der Waals surface area contributed by atoms with Gasteiger partial charge in [0.2, 0.25) is 10.0 Å². The second kappa shape index (κ2) is 7.31. The SMILES string of the molecule is CCOC(=O)[C@@](C)(O)CNS(=O)(=O)CCCC#N. The van der Waals surface area contributed by atoms with Gasteiger partial charge in [-0.3, -0.25) is 0 Å². The van der Waals surface area contributed by atoms with Crippen LogP contribution in [-0.4, -0.2) is 44.0 Å².